The molecule has 2 aliphatic rings. The Kier molecular flexibility index (Phi) is 4.33. The summed E-state index contributed by atoms with van der Waals surface area (Å²) in [6, 6.07) is 0. The molecule has 0 aliphatic carbocycles. The number of ether oxygens (including phenoxy) is 3. The average Bonchev–Trinajstić information content (AvgIpc) is 2.92. The molecule has 2 fully saturated rings. The van der Waals surface area contributed by atoms with Crippen LogP contribution in [0.5, 0.6) is 5.75 Å². The van der Waals surface area contributed by atoms with E-state index in [1.807, 2.05) is 0 Å². The molecule has 0 radical (unpaired) electrons. The minimum atomic E-state index is -3.39. The summed E-state index contributed by atoms with van der Waals surface area (Å²) in [6.07, 6.45) is 7.87. The SMILES string of the molecule is CS(=O)(=O)c1ncc(OCC2CCCC3(CCOC3)O2)cn1. The Bertz CT molecular complexity index is 611. The van der Waals surface area contributed by atoms with Crippen LogP contribution in [0.1, 0.15) is 25.7 Å². The third-order valence-electron chi connectivity index (χ3n) is 4.01. The number of sulfone groups is 1. The van der Waals surface area contributed by atoms with Crippen LogP contribution in [-0.2, 0) is 19.3 Å². The van der Waals surface area contributed by atoms with Crippen LogP contribution in [0.4, 0.5) is 0 Å². The van der Waals surface area contributed by atoms with Crippen molar-refractivity contribution in [3.63, 3.8) is 0 Å². The molecule has 0 aromatic carbocycles. The molecule has 1 spiro atoms. The summed E-state index contributed by atoms with van der Waals surface area (Å²) in [5, 5.41) is -0.198. The van der Waals surface area contributed by atoms with Crippen LogP contribution in [0, 0.1) is 0 Å². The van der Waals surface area contributed by atoms with Gasteiger partial charge in [0, 0.05) is 19.3 Å². The average molecular weight is 328 g/mol. The Morgan fingerprint density at radius 1 is 1.36 bits per heavy atom. The van der Waals surface area contributed by atoms with Crippen molar-refractivity contribution in [2.45, 2.75) is 42.5 Å². The van der Waals surface area contributed by atoms with Crippen molar-refractivity contribution >= 4 is 9.84 Å². The van der Waals surface area contributed by atoms with Crippen molar-refractivity contribution < 1.29 is 22.6 Å². The van der Waals surface area contributed by atoms with Crippen molar-refractivity contribution in [1.29, 1.82) is 0 Å². The largest absolute Gasteiger partial charge is 0.488 e. The highest BCUT2D eigenvalue weighted by Crippen LogP contribution is 2.35. The predicted molar refractivity (Wildman–Crippen MR) is 77.5 cm³/mol. The van der Waals surface area contributed by atoms with Gasteiger partial charge < -0.3 is 14.2 Å². The van der Waals surface area contributed by atoms with Gasteiger partial charge in [-0.2, -0.15) is 0 Å². The molecule has 3 heterocycles. The van der Waals surface area contributed by atoms with Crippen LogP contribution < -0.4 is 4.74 Å². The van der Waals surface area contributed by atoms with Crippen molar-refractivity contribution in [1.82, 2.24) is 9.97 Å². The summed E-state index contributed by atoms with van der Waals surface area (Å²) in [6.45, 7) is 1.83. The molecule has 0 amide bonds. The Hall–Kier alpha value is -1.25. The zero-order chi connectivity index (χ0) is 15.6. The van der Waals surface area contributed by atoms with Gasteiger partial charge in [-0.25, -0.2) is 18.4 Å². The van der Waals surface area contributed by atoms with Crippen LogP contribution >= 0.6 is 0 Å². The fourth-order valence-corrected chi connectivity index (χ4v) is 3.37. The van der Waals surface area contributed by atoms with E-state index in [1.165, 1.54) is 12.4 Å². The van der Waals surface area contributed by atoms with Crippen LogP contribution in [0.15, 0.2) is 17.6 Å². The molecule has 122 valence electrons. The lowest BCUT2D eigenvalue weighted by Gasteiger charge is -2.37. The van der Waals surface area contributed by atoms with Crippen molar-refractivity contribution in [3.8, 4) is 5.75 Å². The monoisotopic (exact) mass is 328 g/mol. The number of aromatic nitrogens is 2. The van der Waals surface area contributed by atoms with E-state index in [9.17, 15) is 8.42 Å². The molecule has 2 unspecified atom stereocenters. The van der Waals surface area contributed by atoms with Gasteiger partial charge >= 0.3 is 0 Å². The Morgan fingerprint density at radius 3 is 2.77 bits per heavy atom. The molecule has 2 saturated heterocycles. The second-order valence-electron chi connectivity index (χ2n) is 5.90. The van der Waals surface area contributed by atoms with E-state index in [4.69, 9.17) is 14.2 Å². The first kappa shape index (κ1) is 15.6. The Morgan fingerprint density at radius 2 is 2.14 bits per heavy atom. The molecule has 2 atom stereocenters. The first-order valence-electron chi connectivity index (χ1n) is 7.37. The lowest BCUT2D eigenvalue weighted by molar-refractivity contribution is -0.138. The van der Waals surface area contributed by atoms with Gasteiger partial charge in [-0.3, -0.25) is 0 Å². The summed E-state index contributed by atoms with van der Waals surface area (Å²) in [7, 11) is -3.39. The summed E-state index contributed by atoms with van der Waals surface area (Å²) in [4.78, 5) is 7.60. The van der Waals surface area contributed by atoms with E-state index in [2.05, 4.69) is 9.97 Å². The molecular weight excluding hydrogens is 308 g/mol. The highest BCUT2D eigenvalue weighted by Gasteiger charge is 2.40. The maximum absolute atomic E-state index is 11.3. The fraction of sp³-hybridized carbons (Fsp3) is 0.714. The summed E-state index contributed by atoms with van der Waals surface area (Å²) >= 11 is 0. The second kappa shape index (κ2) is 6.10. The van der Waals surface area contributed by atoms with Gasteiger partial charge in [0.1, 0.15) is 6.61 Å². The van der Waals surface area contributed by atoms with Crippen LogP contribution in [-0.4, -0.2) is 56.2 Å². The second-order valence-corrected chi connectivity index (χ2v) is 7.81. The molecule has 1 aromatic heterocycles. The van der Waals surface area contributed by atoms with E-state index < -0.39 is 9.84 Å². The molecule has 2 aliphatic heterocycles. The number of nitrogens with zero attached hydrogens (tertiary/aromatic N) is 2. The smallest absolute Gasteiger partial charge is 0.246 e. The maximum Gasteiger partial charge on any atom is 0.246 e. The van der Waals surface area contributed by atoms with Gasteiger partial charge in [-0.1, -0.05) is 0 Å². The van der Waals surface area contributed by atoms with Crippen molar-refractivity contribution in [2.24, 2.45) is 0 Å². The quantitative estimate of drug-likeness (QED) is 0.762. The van der Waals surface area contributed by atoms with E-state index in [0.29, 0.717) is 19.0 Å². The summed E-state index contributed by atoms with van der Waals surface area (Å²) < 4.78 is 39.8. The minimum Gasteiger partial charge on any atom is -0.488 e. The topological polar surface area (TPSA) is 87.6 Å². The van der Waals surface area contributed by atoms with E-state index in [-0.39, 0.29) is 16.9 Å². The van der Waals surface area contributed by atoms with Gasteiger partial charge in [0.2, 0.25) is 15.0 Å². The normalized spacial score (nSPS) is 28.9. The highest BCUT2D eigenvalue weighted by molar-refractivity contribution is 7.90. The molecule has 8 heteroatoms. The zero-order valence-corrected chi connectivity index (χ0v) is 13.3. The molecule has 0 N–H and O–H groups in total. The first-order valence-corrected chi connectivity index (χ1v) is 9.27. The standard InChI is InChI=1S/C14H20N2O5S/c1-22(17,18)13-15-7-12(8-16-13)20-9-11-3-2-4-14(21-11)5-6-19-10-14/h7-8,11H,2-6,9-10H2,1H3. The molecular formula is C14H20N2O5S. The number of hydrogen-bond acceptors (Lipinski definition) is 7. The van der Waals surface area contributed by atoms with Crippen molar-refractivity contribution in [2.75, 3.05) is 26.1 Å². The van der Waals surface area contributed by atoms with E-state index in [0.717, 1.165) is 38.5 Å². The van der Waals surface area contributed by atoms with Gasteiger partial charge in [0.15, 0.2) is 5.75 Å². The summed E-state index contributed by atoms with van der Waals surface area (Å²) in [5.41, 5.74) is -0.136. The third kappa shape index (κ3) is 3.56. The predicted octanol–water partition coefficient (Wildman–Crippen LogP) is 0.987. The van der Waals surface area contributed by atoms with E-state index in [1.54, 1.807) is 0 Å². The Balaban J connectivity index is 1.56. The van der Waals surface area contributed by atoms with Crippen LogP contribution in [0.25, 0.3) is 0 Å². The third-order valence-corrected chi connectivity index (χ3v) is 4.89. The lowest BCUT2D eigenvalue weighted by Crippen LogP contribution is -2.43. The molecule has 7 nitrogen and oxygen atoms in total. The van der Waals surface area contributed by atoms with Gasteiger partial charge in [0.25, 0.3) is 0 Å². The number of hydrogen-bond donors (Lipinski definition) is 0. The van der Waals surface area contributed by atoms with E-state index >= 15 is 0 Å². The molecule has 22 heavy (non-hydrogen) atoms. The summed E-state index contributed by atoms with van der Waals surface area (Å²) in [5.74, 6) is 0.443. The molecule has 0 bridgehead atoms. The maximum atomic E-state index is 11.3. The zero-order valence-electron chi connectivity index (χ0n) is 12.5. The van der Waals surface area contributed by atoms with Crippen LogP contribution in [0.3, 0.4) is 0 Å². The van der Waals surface area contributed by atoms with Crippen LogP contribution in [0.2, 0.25) is 0 Å². The Labute approximate surface area is 129 Å². The highest BCUT2D eigenvalue weighted by atomic mass is 32.2. The van der Waals surface area contributed by atoms with Gasteiger partial charge in [-0.15, -0.1) is 0 Å². The molecule has 1 aromatic rings. The number of rotatable bonds is 4. The molecule has 0 saturated carbocycles. The minimum absolute atomic E-state index is 0.0186. The van der Waals surface area contributed by atoms with Crippen molar-refractivity contribution in [3.05, 3.63) is 12.4 Å². The fourth-order valence-electron chi connectivity index (χ4n) is 2.88. The lowest BCUT2D eigenvalue weighted by atomic mass is 9.91. The van der Waals surface area contributed by atoms with Gasteiger partial charge in [0.05, 0.1) is 30.7 Å². The van der Waals surface area contributed by atoms with Gasteiger partial charge in [-0.05, 0) is 19.3 Å². The first-order chi connectivity index (χ1) is 10.5. The molecule has 3 rings (SSSR count).